The van der Waals surface area contributed by atoms with E-state index in [2.05, 4.69) is 15.9 Å². The van der Waals surface area contributed by atoms with Crippen LogP contribution in [-0.2, 0) is 10.0 Å². The highest BCUT2D eigenvalue weighted by Crippen LogP contribution is 2.28. The lowest BCUT2D eigenvalue weighted by atomic mass is 10.2. The van der Waals surface area contributed by atoms with Crippen LogP contribution in [0.5, 0.6) is 0 Å². The Balaban J connectivity index is 2.50. The summed E-state index contributed by atoms with van der Waals surface area (Å²) in [6.45, 7) is 1.38. The fourth-order valence-electron chi connectivity index (χ4n) is 1.63. The molecule has 0 saturated carbocycles. The van der Waals surface area contributed by atoms with Gasteiger partial charge in [0.15, 0.2) is 5.82 Å². The Hall–Kier alpha value is -1.54. The molecular weight excluding hydrogens is 371 g/mol. The molecule has 2 rings (SSSR count). The van der Waals surface area contributed by atoms with Crippen molar-refractivity contribution in [2.24, 2.45) is 0 Å². The molecule has 0 unspecified atom stereocenters. The number of rotatable bonds is 3. The van der Waals surface area contributed by atoms with E-state index < -0.39 is 33.2 Å². The molecule has 2 aromatic rings. The van der Waals surface area contributed by atoms with Crippen molar-refractivity contribution in [2.75, 3.05) is 4.72 Å². The van der Waals surface area contributed by atoms with E-state index in [0.29, 0.717) is 0 Å². The van der Waals surface area contributed by atoms with E-state index in [1.807, 2.05) is 4.72 Å². The highest BCUT2D eigenvalue weighted by Gasteiger charge is 2.22. The first-order valence-corrected chi connectivity index (χ1v) is 7.92. The molecule has 3 nitrogen and oxygen atoms in total. The molecule has 0 aromatic heterocycles. The second kappa shape index (κ2) is 5.69. The highest BCUT2D eigenvalue weighted by molar-refractivity contribution is 9.10. The molecule has 0 radical (unpaired) electrons. The van der Waals surface area contributed by atoms with Crippen LogP contribution in [-0.4, -0.2) is 8.42 Å². The van der Waals surface area contributed by atoms with E-state index in [4.69, 9.17) is 0 Å². The lowest BCUT2D eigenvalue weighted by molar-refractivity contribution is 0.578. The normalized spacial score (nSPS) is 11.5. The van der Waals surface area contributed by atoms with Gasteiger partial charge in [0.1, 0.15) is 22.2 Å². The third kappa shape index (κ3) is 3.21. The summed E-state index contributed by atoms with van der Waals surface area (Å²) in [6, 6.07) is 5.01. The van der Waals surface area contributed by atoms with Crippen molar-refractivity contribution < 1.29 is 21.6 Å². The number of sulfonamides is 1. The minimum atomic E-state index is -4.27. The molecule has 0 heterocycles. The Kier molecular flexibility index (Phi) is 4.29. The van der Waals surface area contributed by atoms with Gasteiger partial charge in [-0.25, -0.2) is 21.6 Å². The van der Waals surface area contributed by atoms with Crippen molar-refractivity contribution >= 4 is 31.6 Å². The van der Waals surface area contributed by atoms with Crippen molar-refractivity contribution in [3.63, 3.8) is 0 Å². The van der Waals surface area contributed by atoms with Crippen LogP contribution in [0, 0.1) is 24.4 Å². The molecule has 0 fully saturated rings. The number of hydrogen-bond donors (Lipinski definition) is 1. The number of hydrogen-bond acceptors (Lipinski definition) is 2. The van der Waals surface area contributed by atoms with Gasteiger partial charge in [-0.1, -0.05) is 6.07 Å². The van der Waals surface area contributed by atoms with Gasteiger partial charge in [0.2, 0.25) is 0 Å². The van der Waals surface area contributed by atoms with Gasteiger partial charge in [0.25, 0.3) is 10.0 Å². The fourth-order valence-corrected chi connectivity index (χ4v) is 3.75. The molecule has 0 aliphatic heterocycles. The summed E-state index contributed by atoms with van der Waals surface area (Å²) < 4.78 is 66.5. The molecule has 0 aliphatic carbocycles. The van der Waals surface area contributed by atoms with E-state index in [-0.39, 0.29) is 14.9 Å². The van der Waals surface area contributed by atoms with Crippen molar-refractivity contribution in [1.82, 2.24) is 0 Å². The van der Waals surface area contributed by atoms with Crippen molar-refractivity contribution in [1.29, 1.82) is 0 Å². The van der Waals surface area contributed by atoms with Crippen molar-refractivity contribution in [3.05, 3.63) is 57.8 Å². The van der Waals surface area contributed by atoms with E-state index >= 15 is 0 Å². The van der Waals surface area contributed by atoms with Crippen LogP contribution in [0.3, 0.4) is 0 Å². The van der Waals surface area contributed by atoms with Crippen LogP contribution in [0.1, 0.15) is 5.56 Å². The van der Waals surface area contributed by atoms with Gasteiger partial charge in [-0.15, -0.1) is 0 Å². The van der Waals surface area contributed by atoms with Crippen LogP contribution < -0.4 is 4.72 Å². The molecule has 0 amide bonds. The Morgan fingerprint density at radius 1 is 1.10 bits per heavy atom. The van der Waals surface area contributed by atoms with Crippen LogP contribution in [0.2, 0.25) is 0 Å². The number of aryl methyl sites for hydroxylation is 1. The smallest absolute Gasteiger partial charge is 0.263 e. The van der Waals surface area contributed by atoms with Crippen LogP contribution >= 0.6 is 15.9 Å². The minimum absolute atomic E-state index is 0.0523. The molecule has 0 atom stereocenters. The maximum Gasteiger partial charge on any atom is 0.263 e. The van der Waals surface area contributed by atoms with E-state index in [0.717, 1.165) is 24.3 Å². The van der Waals surface area contributed by atoms with Crippen LogP contribution in [0.25, 0.3) is 0 Å². The molecule has 112 valence electrons. The molecule has 21 heavy (non-hydrogen) atoms. The molecular formula is C13H9BrF3NO2S. The van der Waals surface area contributed by atoms with Gasteiger partial charge in [-0.05, 0) is 52.7 Å². The summed E-state index contributed by atoms with van der Waals surface area (Å²) in [5, 5.41) is 0. The van der Waals surface area contributed by atoms with E-state index in [1.54, 1.807) is 0 Å². The quantitative estimate of drug-likeness (QED) is 0.876. The third-order valence-electron chi connectivity index (χ3n) is 2.70. The second-order valence-corrected chi connectivity index (χ2v) is 6.74. The first kappa shape index (κ1) is 15.8. The molecule has 8 heteroatoms. The fraction of sp³-hybridized carbons (Fsp3) is 0.0769. The van der Waals surface area contributed by atoms with Crippen LogP contribution in [0.4, 0.5) is 18.9 Å². The summed E-state index contributed by atoms with van der Waals surface area (Å²) >= 11 is 2.90. The number of halogens is 4. The minimum Gasteiger partial charge on any atom is -0.274 e. The van der Waals surface area contributed by atoms with Crippen molar-refractivity contribution in [3.8, 4) is 0 Å². The average Bonchev–Trinajstić information content (AvgIpc) is 2.39. The lowest BCUT2D eigenvalue weighted by Gasteiger charge is -2.12. The largest absolute Gasteiger partial charge is 0.274 e. The SMILES string of the molecule is Cc1ccc(F)c(NS(=O)(=O)c2ccc(F)cc2Br)c1F. The Bertz CT molecular complexity index is 809. The number of benzene rings is 2. The maximum absolute atomic E-state index is 13.8. The lowest BCUT2D eigenvalue weighted by Crippen LogP contribution is -2.16. The third-order valence-corrected chi connectivity index (χ3v) is 5.03. The monoisotopic (exact) mass is 379 g/mol. The summed E-state index contributed by atoms with van der Waals surface area (Å²) in [6.07, 6.45) is 0. The molecule has 2 aromatic carbocycles. The maximum atomic E-state index is 13.8. The predicted molar refractivity (Wildman–Crippen MR) is 76.0 cm³/mol. The van der Waals surface area contributed by atoms with Gasteiger partial charge in [-0.3, -0.25) is 4.72 Å². The molecule has 1 N–H and O–H groups in total. The van der Waals surface area contributed by atoms with Gasteiger partial charge in [-0.2, -0.15) is 0 Å². The first-order chi connectivity index (χ1) is 9.72. The number of anilines is 1. The van der Waals surface area contributed by atoms with Gasteiger partial charge >= 0.3 is 0 Å². The standard InChI is InChI=1S/C13H9BrF3NO2S/c1-7-2-4-10(16)13(12(7)17)18-21(19,20)11-5-3-8(15)6-9(11)14/h2-6,18H,1H3. The molecule has 0 bridgehead atoms. The predicted octanol–water partition coefficient (Wildman–Crippen LogP) is 3.98. The Labute approximate surface area is 128 Å². The summed E-state index contributed by atoms with van der Waals surface area (Å²) in [5.74, 6) is -2.69. The molecule has 0 spiro atoms. The summed E-state index contributed by atoms with van der Waals surface area (Å²) in [4.78, 5) is -0.329. The van der Waals surface area contributed by atoms with E-state index in [1.165, 1.54) is 13.0 Å². The average molecular weight is 380 g/mol. The summed E-state index contributed by atoms with van der Waals surface area (Å²) in [7, 11) is -4.27. The molecule has 0 aliphatic rings. The second-order valence-electron chi connectivity index (χ2n) is 4.23. The Morgan fingerprint density at radius 2 is 1.76 bits per heavy atom. The molecule has 0 saturated heterocycles. The van der Waals surface area contributed by atoms with E-state index in [9.17, 15) is 21.6 Å². The van der Waals surface area contributed by atoms with Gasteiger partial charge in [0.05, 0.1) is 0 Å². The summed E-state index contributed by atoms with van der Waals surface area (Å²) in [5.41, 5.74) is -0.682. The highest BCUT2D eigenvalue weighted by atomic mass is 79.9. The zero-order chi connectivity index (χ0) is 15.8. The van der Waals surface area contributed by atoms with Gasteiger partial charge < -0.3 is 0 Å². The van der Waals surface area contributed by atoms with Crippen LogP contribution in [0.15, 0.2) is 39.7 Å². The van der Waals surface area contributed by atoms with Crippen molar-refractivity contribution in [2.45, 2.75) is 11.8 Å². The first-order valence-electron chi connectivity index (χ1n) is 5.65. The topological polar surface area (TPSA) is 46.2 Å². The number of nitrogens with one attached hydrogen (secondary N) is 1. The Morgan fingerprint density at radius 3 is 2.38 bits per heavy atom. The van der Waals surface area contributed by atoms with Gasteiger partial charge in [0, 0.05) is 4.47 Å². The zero-order valence-electron chi connectivity index (χ0n) is 10.6. The zero-order valence-corrected chi connectivity index (χ0v) is 13.0.